The molecule has 1 aromatic heterocycles. The monoisotopic (exact) mass is 416 g/mol. The maximum absolute atomic E-state index is 14.2. The van der Waals surface area contributed by atoms with Gasteiger partial charge in [-0.15, -0.1) is 0 Å². The number of anilines is 1. The van der Waals surface area contributed by atoms with Crippen LogP contribution < -0.4 is 10.2 Å². The molecule has 2 aliphatic rings. The summed E-state index contributed by atoms with van der Waals surface area (Å²) in [6.45, 7) is 5.80. The number of nitrogens with zero attached hydrogens (tertiary/aromatic N) is 2. The smallest absolute Gasteiger partial charge is 0.318 e. The first kappa shape index (κ1) is 19.7. The highest BCUT2D eigenvalue weighted by atomic mass is 16.2. The van der Waals surface area contributed by atoms with Gasteiger partial charge in [0.25, 0.3) is 5.91 Å². The number of rotatable bonds is 4. The molecule has 1 spiro atoms. The predicted octanol–water partition coefficient (Wildman–Crippen LogP) is 4.15. The van der Waals surface area contributed by atoms with Crippen molar-refractivity contribution in [3.8, 4) is 0 Å². The lowest BCUT2D eigenvalue weighted by molar-refractivity contribution is -0.126. The van der Waals surface area contributed by atoms with Crippen LogP contribution in [0.1, 0.15) is 43.5 Å². The molecule has 0 saturated carbocycles. The molecule has 1 atom stereocenters. The van der Waals surface area contributed by atoms with Crippen LogP contribution in [0.2, 0.25) is 0 Å². The number of para-hydroxylation sites is 2. The normalized spacial score (nSPS) is 19.7. The van der Waals surface area contributed by atoms with Crippen molar-refractivity contribution in [2.75, 3.05) is 24.5 Å². The van der Waals surface area contributed by atoms with Crippen molar-refractivity contribution >= 4 is 28.5 Å². The van der Waals surface area contributed by atoms with Crippen molar-refractivity contribution in [2.24, 2.45) is 0 Å². The first-order valence-electron chi connectivity index (χ1n) is 11.2. The highest BCUT2D eigenvalue weighted by Gasteiger charge is 2.60. The largest absolute Gasteiger partial charge is 0.355 e. The lowest BCUT2D eigenvalue weighted by Crippen LogP contribution is -2.61. The second kappa shape index (κ2) is 7.45. The number of aromatic nitrogens is 1. The Morgan fingerprint density at radius 3 is 2.68 bits per heavy atom. The Balaban J connectivity index is 1.80. The molecule has 6 heteroatoms. The molecule has 3 aromatic rings. The van der Waals surface area contributed by atoms with Crippen LogP contribution in [0.15, 0.2) is 48.5 Å². The minimum absolute atomic E-state index is 0.0466. The Bertz CT molecular complexity index is 1170. The van der Waals surface area contributed by atoms with Crippen LogP contribution in [0.3, 0.4) is 0 Å². The van der Waals surface area contributed by atoms with E-state index in [4.69, 9.17) is 0 Å². The van der Waals surface area contributed by atoms with E-state index in [-0.39, 0.29) is 11.9 Å². The van der Waals surface area contributed by atoms with Gasteiger partial charge in [-0.25, -0.2) is 4.79 Å². The van der Waals surface area contributed by atoms with Gasteiger partial charge in [0, 0.05) is 36.1 Å². The zero-order valence-corrected chi connectivity index (χ0v) is 18.1. The molecule has 0 saturated heterocycles. The molecular weight excluding hydrogens is 388 g/mol. The molecule has 0 fully saturated rings. The maximum Gasteiger partial charge on any atom is 0.318 e. The number of aromatic amines is 1. The van der Waals surface area contributed by atoms with Crippen LogP contribution in [-0.4, -0.2) is 41.5 Å². The average molecular weight is 417 g/mol. The van der Waals surface area contributed by atoms with Crippen molar-refractivity contribution < 1.29 is 9.59 Å². The number of urea groups is 1. The number of carbonyl (C=O) groups is 2. The molecule has 5 rings (SSSR count). The number of amides is 3. The van der Waals surface area contributed by atoms with E-state index in [1.165, 1.54) is 0 Å². The first-order valence-corrected chi connectivity index (χ1v) is 11.2. The third-order valence-corrected chi connectivity index (χ3v) is 6.52. The van der Waals surface area contributed by atoms with Crippen LogP contribution in [0.4, 0.5) is 10.5 Å². The van der Waals surface area contributed by atoms with Gasteiger partial charge in [-0.3, -0.25) is 4.79 Å². The standard InChI is InChI=1S/C25H28N4O2/c1-3-14-26-24(31)29-16-13-18-17-9-5-7-11-20(17)27-22(18)25(29)19-10-6-8-12-21(19)28(15-4-2)23(25)30/h5-12,27H,3-4,13-16H2,1-2H3,(H,26,31)/t25-/m1/s1. The fourth-order valence-corrected chi connectivity index (χ4v) is 5.26. The molecule has 6 nitrogen and oxygen atoms in total. The van der Waals surface area contributed by atoms with Gasteiger partial charge in [-0.2, -0.15) is 0 Å². The Kier molecular flexibility index (Phi) is 4.73. The summed E-state index contributed by atoms with van der Waals surface area (Å²) in [5.74, 6) is -0.0466. The maximum atomic E-state index is 14.2. The Morgan fingerprint density at radius 1 is 1.10 bits per heavy atom. The summed E-state index contributed by atoms with van der Waals surface area (Å²) in [4.78, 5) is 34.8. The van der Waals surface area contributed by atoms with Crippen LogP contribution >= 0.6 is 0 Å². The molecule has 2 aromatic carbocycles. The second-order valence-electron chi connectivity index (χ2n) is 8.34. The fraction of sp³-hybridized carbons (Fsp3) is 0.360. The van der Waals surface area contributed by atoms with Crippen molar-refractivity contribution in [1.82, 2.24) is 15.2 Å². The molecule has 2 N–H and O–H groups in total. The van der Waals surface area contributed by atoms with Crippen LogP contribution in [-0.2, 0) is 16.8 Å². The summed E-state index contributed by atoms with van der Waals surface area (Å²) in [5.41, 5.74) is 3.58. The number of nitrogens with one attached hydrogen (secondary N) is 2. The van der Waals surface area contributed by atoms with Gasteiger partial charge >= 0.3 is 6.03 Å². The number of carbonyl (C=O) groups excluding carboxylic acids is 2. The van der Waals surface area contributed by atoms with E-state index in [1.54, 1.807) is 4.90 Å². The Hall–Kier alpha value is -3.28. The summed E-state index contributed by atoms with van der Waals surface area (Å²) in [6.07, 6.45) is 2.40. The molecular formula is C25H28N4O2. The quantitative estimate of drug-likeness (QED) is 0.671. The highest BCUT2D eigenvalue weighted by Crippen LogP contribution is 2.51. The molecule has 0 unspecified atom stereocenters. The minimum atomic E-state index is -1.17. The SMILES string of the molecule is CCCNC(=O)N1CCc2c([nH]c3ccccc23)[C@]12C(=O)N(CCC)c1ccccc12. The molecule has 0 bridgehead atoms. The molecule has 31 heavy (non-hydrogen) atoms. The molecule has 3 amide bonds. The van der Waals surface area contributed by atoms with E-state index in [1.807, 2.05) is 54.3 Å². The average Bonchev–Trinajstić information content (AvgIpc) is 3.29. The predicted molar refractivity (Wildman–Crippen MR) is 122 cm³/mol. The summed E-state index contributed by atoms with van der Waals surface area (Å²) >= 11 is 0. The number of H-pyrrole nitrogens is 1. The van der Waals surface area contributed by atoms with Crippen molar-refractivity contribution in [3.05, 3.63) is 65.4 Å². The van der Waals surface area contributed by atoms with Gasteiger partial charge in [0.15, 0.2) is 5.54 Å². The zero-order valence-electron chi connectivity index (χ0n) is 18.1. The van der Waals surface area contributed by atoms with E-state index >= 15 is 0 Å². The number of fused-ring (bicyclic) bond motifs is 6. The summed E-state index contributed by atoms with van der Waals surface area (Å²) in [6, 6.07) is 15.9. The van der Waals surface area contributed by atoms with E-state index in [9.17, 15) is 9.59 Å². The van der Waals surface area contributed by atoms with Crippen molar-refractivity contribution in [3.63, 3.8) is 0 Å². The van der Waals surface area contributed by atoms with Crippen molar-refractivity contribution in [1.29, 1.82) is 0 Å². The lowest BCUT2D eigenvalue weighted by atomic mass is 9.80. The molecule has 0 radical (unpaired) electrons. The van der Waals surface area contributed by atoms with E-state index < -0.39 is 5.54 Å². The van der Waals surface area contributed by atoms with Gasteiger partial charge in [-0.05, 0) is 37.0 Å². The summed E-state index contributed by atoms with van der Waals surface area (Å²) < 4.78 is 0. The van der Waals surface area contributed by atoms with Crippen LogP contribution in [0.25, 0.3) is 10.9 Å². The summed E-state index contributed by atoms with van der Waals surface area (Å²) in [5, 5.41) is 4.15. The van der Waals surface area contributed by atoms with Gasteiger partial charge < -0.3 is 20.1 Å². The Labute approximate surface area is 182 Å². The topological polar surface area (TPSA) is 68.4 Å². The molecule has 2 aliphatic heterocycles. The minimum Gasteiger partial charge on any atom is -0.355 e. The number of hydrogen-bond acceptors (Lipinski definition) is 2. The van der Waals surface area contributed by atoms with Crippen molar-refractivity contribution in [2.45, 2.75) is 38.6 Å². The number of benzene rings is 2. The summed E-state index contributed by atoms with van der Waals surface area (Å²) in [7, 11) is 0. The second-order valence-corrected chi connectivity index (χ2v) is 8.34. The van der Waals surface area contributed by atoms with E-state index in [0.717, 1.165) is 46.3 Å². The van der Waals surface area contributed by atoms with E-state index in [0.29, 0.717) is 26.1 Å². The van der Waals surface area contributed by atoms with Gasteiger partial charge in [0.2, 0.25) is 0 Å². The lowest BCUT2D eigenvalue weighted by Gasteiger charge is -2.43. The molecule has 0 aliphatic carbocycles. The third kappa shape index (κ3) is 2.63. The molecule has 3 heterocycles. The van der Waals surface area contributed by atoms with Crippen LogP contribution in [0, 0.1) is 0 Å². The molecule has 160 valence electrons. The zero-order chi connectivity index (χ0) is 21.6. The third-order valence-electron chi connectivity index (χ3n) is 6.52. The highest BCUT2D eigenvalue weighted by molar-refractivity contribution is 6.12. The first-order chi connectivity index (χ1) is 15.1. The fourth-order valence-electron chi connectivity index (χ4n) is 5.26. The van der Waals surface area contributed by atoms with Gasteiger partial charge in [0.05, 0.1) is 11.4 Å². The van der Waals surface area contributed by atoms with Gasteiger partial charge in [0.1, 0.15) is 0 Å². The van der Waals surface area contributed by atoms with E-state index in [2.05, 4.69) is 23.3 Å². The van der Waals surface area contributed by atoms with Gasteiger partial charge in [-0.1, -0.05) is 50.2 Å². The van der Waals surface area contributed by atoms with Crippen LogP contribution in [0.5, 0.6) is 0 Å². The Morgan fingerprint density at radius 2 is 1.87 bits per heavy atom. The number of hydrogen-bond donors (Lipinski definition) is 2.